The summed E-state index contributed by atoms with van der Waals surface area (Å²) in [5, 5.41) is 0. The van der Waals surface area contributed by atoms with Crippen LogP contribution in [-0.2, 0) is 20.9 Å². The van der Waals surface area contributed by atoms with E-state index in [1.54, 1.807) is 0 Å². The molecule has 1 saturated heterocycles. The van der Waals surface area contributed by atoms with E-state index in [1.165, 1.54) is 18.2 Å². The Morgan fingerprint density at radius 1 is 1.45 bits per heavy atom. The second-order valence-electron chi connectivity index (χ2n) is 4.51. The third-order valence-electron chi connectivity index (χ3n) is 3.25. The van der Waals surface area contributed by atoms with E-state index in [0.29, 0.717) is 19.4 Å². The minimum atomic E-state index is -0.653. The van der Waals surface area contributed by atoms with Gasteiger partial charge in [0.2, 0.25) is 5.91 Å². The molecule has 0 saturated carbocycles. The van der Waals surface area contributed by atoms with Crippen molar-refractivity contribution < 1.29 is 14.3 Å². The number of ether oxygens (including phenoxy) is 1. The smallest absolute Gasteiger partial charge is 0.328 e. The predicted molar refractivity (Wildman–Crippen MR) is 68.1 cm³/mol. The Morgan fingerprint density at radius 2 is 2.20 bits per heavy atom. The van der Waals surface area contributed by atoms with Crippen molar-refractivity contribution in [3.8, 4) is 0 Å². The molecule has 1 aliphatic rings. The van der Waals surface area contributed by atoms with E-state index >= 15 is 0 Å². The Hall–Kier alpha value is -2.38. The second-order valence-corrected chi connectivity index (χ2v) is 4.51. The van der Waals surface area contributed by atoms with Gasteiger partial charge in [0.1, 0.15) is 12.6 Å². The number of methoxy groups -OCH3 is 1. The lowest BCUT2D eigenvalue weighted by atomic mass is 10.2. The van der Waals surface area contributed by atoms with Gasteiger partial charge in [0.15, 0.2) is 0 Å². The summed E-state index contributed by atoms with van der Waals surface area (Å²) in [6, 6.07) is 0.571. The highest BCUT2D eigenvalue weighted by Crippen LogP contribution is 2.18. The van der Waals surface area contributed by atoms with E-state index in [4.69, 9.17) is 0 Å². The molecule has 1 atom stereocenters. The third kappa shape index (κ3) is 2.79. The van der Waals surface area contributed by atoms with Crippen molar-refractivity contribution in [2.24, 2.45) is 0 Å². The summed E-state index contributed by atoms with van der Waals surface area (Å²) in [7, 11) is 1.27. The second kappa shape index (κ2) is 5.72. The van der Waals surface area contributed by atoms with Gasteiger partial charge in [-0.3, -0.25) is 19.1 Å². The number of amides is 1. The van der Waals surface area contributed by atoms with Gasteiger partial charge in [-0.25, -0.2) is 9.59 Å². The lowest BCUT2D eigenvalue weighted by Crippen LogP contribution is -2.44. The van der Waals surface area contributed by atoms with Gasteiger partial charge >= 0.3 is 11.7 Å². The summed E-state index contributed by atoms with van der Waals surface area (Å²) in [6.07, 6.45) is 2.52. The number of hydrogen-bond donors (Lipinski definition) is 1. The van der Waals surface area contributed by atoms with Crippen LogP contribution in [-0.4, -0.2) is 46.0 Å². The molecule has 2 heterocycles. The van der Waals surface area contributed by atoms with Crippen LogP contribution in [0.25, 0.3) is 0 Å². The van der Waals surface area contributed by atoms with Crippen molar-refractivity contribution >= 4 is 11.9 Å². The molecule has 2 rings (SSSR count). The van der Waals surface area contributed by atoms with Gasteiger partial charge in [-0.1, -0.05) is 0 Å². The highest BCUT2D eigenvalue weighted by molar-refractivity contribution is 5.85. The van der Waals surface area contributed by atoms with Gasteiger partial charge in [0.05, 0.1) is 7.11 Å². The zero-order chi connectivity index (χ0) is 14.7. The van der Waals surface area contributed by atoms with Crippen LogP contribution in [0.3, 0.4) is 0 Å². The zero-order valence-electron chi connectivity index (χ0n) is 11.0. The normalized spacial score (nSPS) is 18.1. The molecular weight excluding hydrogens is 266 g/mol. The maximum Gasteiger partial charge on any atom is 0.328 e. The number of aromatic amines is 1. The molecule has 1 aliphatic heterocycles. The molecule has 1 aromatic heterocycles. The minimum absolute atomic E-state index is 0.219. The van der Waals surface area contributed by atoms with Gasteiger partial charge in [-0.2, -0.15) is 0 Å². The summed E-state index contributed by atoms with van der Waals surface area (Å²) in [4.78, 5) is 49.6. The number of esters is 1. The first-order valence-corrected chi connectivity index (χ1v) is 6.20. The highest BCUT2D eigenvalue weighted by Gasteiger charge is 2.34. The third-order valence-corrected chi connectivity index (χ3v) is 3.25. The molecule has 0 bridgehead atoms. The lowest BCUT2D eigenvalue weighted by molar-refractivity contribution is -0.151. The maximum atomic E-state index is 12.1. The monoisotopic (exact) mass is 281 g/mol. The standard InChI is InChI=1S/C12H15N3O5/c1-20-11(18)8-3-2-5-15(8)10(17)7-14-6-4-9(16)13-12(14)19/h4,6,8H,2-3,5,7H2,1H3,(H,13,16,19)/t8-/m0/s1. The largest absolute Gasteiger partial charge is 0.467 e. The van der Waals surface area contributed by atoms with Crippen LogP contribution in [0.1, 0.15) is 12.8 Å². The van der Waals surface area contributed by atoms with Crippen molar-refractivity contribution in [1.82, 2.24) is 14.5 Å². The number of rotatable bonds is 3. The summed E-state index contributed by atoms with van der Waals surface area (Å²) in [5.41, 5.74) is -1.17. The van der Waals surface area contributed by atoms with Gasteiger partial charge in [-0.05, 0) is 12.8 Å². The fourth-order valence-corrected chi connectivity index (χ4v) is 2.25. The van der Waals surface area contributed by atoms with E-state index < -0.39 is 23.3 Å². The molecular formula is C12H15N3O5. The number of nitrogens with one attached hydrogen (secondary N) is 1. The SMILES string of the molecule is COC(=O)[C@@H]1CCCN1C(=O)Cn1ccc(=O)[nH]c1=O. The molecule has 20 heavy (non-hydrogen) atoms. The van der Waals surface area contributed by atoms with Crippen LogP contribution in [0.4, 0.5) is 0 Å². The topological polar surface area (TPSA) is 101 Å². The number of carbonyl (C=O) groups excluding carboxylic acids is 2. The Morgan fingerprint density at radius 3 is 2.85 bits per heavy atom. The molecule has 0 spiro atoms. The zero-order valence-corrected chi connectivity index (χ0v) is 11.0. The lowest BCUT2D eigenvalue weighted by Gasteiger charge is -2.22. The van der Waals surface area contributed by atoms with Gasteiger partial charge < -0.3 is 9.64 Å². The van der Waals surface area contributed by atoms with Crippen molar-refractivity contribution in [3.05, 3.63) is 33.1 Å². The molecule has 8 heteroatoms. The van der Waals surface area contributed by atoms with Gasteiger partial charge in [0, 0.05) is 18.8 Å². The van der Waals surface area contributed by atoms with E-state index in [-0.39, 0.29) is 12.5 Å². The summed E-state index contributed by atoms with van der Waals surface area (Å²) < 4.78 is 5.75. The van der Waals surface area contributed by atoms with Crippen LogP contribution in [0, 0.1) is 0 Å². The van der Waals surface area contributed by atoms with Crippen LogP contribution >= 0.6 is 0 Å². The van der Waals surface area contributed by atoms with Crippen molar-refractivity contribution in [3.63, 3.8) is 0 Å². The number of H-pyrrole nitrogens is 1. The fraction of sp³-hybridized carbons (Fsp3) is 0.500. The van der Waals surface area contributed by atoms with Crippen LogP contribution in [0.2, 0.25) is 0 Å². The number of hydrogen-bond acceptors (Lipinski definition) is 5. The fourth-order valence-electron chi connectivity index (χ4n) is 2.25. The van der Waals surface area contributed by atoms with Crippen molar-refractivity contribution in [2.45, 2.75) is 25.4 Å². The first kappa shape index (κ1) is 14.0. The van der Waals surface area contributed by atoms with E-state index in [9.17, 15) is 19.2 Å². The quantitative estimate of drug-likeness (QED) is 0.694. The first-order chi connectivity index (χ1) is 9.52. The minimum Gasteiger partial charge on any atom is -0.467 e. The molecule has 0 aliphatic carbocycles. The Balaban J connectivity index is 2.13. The van der Waals surface area contributed by atoms with Crippen LogP contribution in [0.15, 0.2) is 21.9 Å². The predicted octanol–water partition coefficient (Wildman–Crippen LogP) is -1.30. The molecule has 0 radical (unpaired) electrons. The molecule has 1 aromatic rings. The van der Waals surface area contributed by atoms with Gasteiger partial charge in [0.25, 0.3) is 5.56 Å². The number of nitrogens with zero attached hydrogens (tertiary/aromatic N) is 2. The molecule has 108 valence electrons. The first-order valence-electron chi connectivity index (χ1n) is 6.20. The Bertz CT molecular complexity index is 632. The van der Waals surface area contributed by atoms with E-state index in [2.05, 4.69) is 9.72 Å². The summed E-state index contributed by atoms with van der Waals surface area (Å²) in [5.74, 6) is -0.809. The Kier molecular flexibility index (Phi) is 4.02. The Labute approximate surface area is 114 Å². The van der Waals surface area contributed by atoms with E-state index in [1.807, 2.05) is 0 Å². The number of likely N-dealkylation sites (tertiary alicyclic amines) is 1. The molecule has 8 nitrogen and oxygen atoms in total. The van der Waals surface area contributed by atoms with Crippen molar-refractivity contribution in [1.29, 1.82) is 0 Å². The van der Waals surface area contributed by atoms with Crippen LogP contribution < -0.4 is 11.2 Å². The molecule has 1 fully saturated rings. The highest BCUT2D eigenvalue weighted by atomic mass is 16.5. The van der Waals surface area contributed by atoms with Gasteiger partial charge in [-0.15, -0.1) is 0 Å². The van der Waals surface area contributed by atoms with Crippen molar-refractivity contribution in [2.75, 3.05) is 13.7 Å². The molecule has 0 unspecified atom stereocenters. The number of aromatic nitrogens is 2. The molecule has 0 aromatic carbocycles. The molecule has 1 amide bonds. The number of carbonyl (C=O) groups is 2. The summed E-state index contributed by atoms with van der Waals surface area (Å²) >= 11 is 0. The average Bonchev–Trinajstić information content (AvgIpc) is 2.90. The average molecular weight is 281 g/mol. The van der Waals surface area contributed by atoms with E-state index in [0.717, 1.165) is 10.6 Å². The summed E-state index contributed by atoms with van der Waals surface area (Å²) in [6.45, 7) is 0.236. The molecule has 1 N–H and O–H groups in total. The van der Waals surface area contributed by atoms with Crippen LogP contribution in [0.5, 0.6) is 0 Å². The maximum absolute atomic E-state index is 12.1.